The number of fused-ring (bicyclic) bond motifs is 2. The van der Waals surface area contributed by atoms with Gasteiger partial charge < -0.3 is 14.5 Å². The molecule has 194 valence electrons. The number of benzene rings is 2. The molecular weight excluding hydrogens is 488 g/mol. The van der Waals surface area contributed by atoms with Crippen molar-refractivity contribution < 1.29 is 14.3 Å². The molecule has 2 aromatic carbocycles. The highest BCUT2D eigenvalue weighted by atomic mass is 35.5. The van der Waals surface area contributed by atoms with Gasteiger partial charge in [0, 0.05) is 31.9 Å². The van der Waals surface area contributed by atoms with Gasteiger partial charge in [0.1, 0.15) is 11.7 Å². The maximum absolute atomic E-state index is 14.1. The topological polar surface area (TPSA) is 76.9 Å². The molecule has 7 nitrogen and oxygen atoms in total. The van der Waals surface area contributed by atoms with Gasteiger partial charge >= 0.3 is 6.09 Å². The molecular formula is C29H33ClN4O3. The second-order valence-corrected chi connectivity index (χ2v) is 11.6. The van der Waals surface area contributed by atoms with Gasteiger partial charge in [0.2, 0.25) is 5.91 Å². The third-order valence-corrected chi connectivity index (χ3v) is 8.01. The van der Waals surface area contributed by atoms with Crippen molar-refractivity contribution in [2.24, 2.45) is 0 Å². The number of ether oxygens (including phenoxy) is 1. The fourth-order valence-electron chi connectivity index (χ4n) is 5.90. The Morgan fingerprint density at radius 2 is 1.73 bits per heavy atom. The second kappa shape index (κ2) is 9.57. The molecule has 0 aromatic heterocycles. The first-order valence-electron chi connectivity index (χ1n) is 13.1. The summed E-state index contributed by atoms with van der Waals surface area (Å²) in [5.41, 5.74) is 2.68. The Bertz CT molecular complexity index is 1260. The molecule has 2 heterocycles. The van der Waals surface area contributed by atoms with Crippen LogP contribution in [-0.4, -0.2) is 48.7 Å². The van der Waals surface area contributed by atoms with Crippen molar-refractivity contribution in [1.82, 2.24) is 4.90 Å². The highest BCUT2D eigenvalue weighted by Crippen LogP contribution is 2.54. The van der Waals surface area contributed by atoms with Gasteiger partial charge in [0.25, 0.3) is 0 Å². The summed E-state index contributed by atoms with van der Waals surface area (Å²) >= 11 is 6.35. The number of nitriles is 1. The predicted octanol–water partition coefficient (Wildman–Crippen LogP) is 6.15. The van der Waals surface area contributed by atoms with Crippen LogP contribution in [-0.2, 0) is 14.9 Å². The zero-order valence-electron chi connectivity index (χ0n) is 21.7. The van der Waals surface area contributed by atoms with Crippen LogP contribution in [0.3, 0.4) is 0 Å². The zero-order chi connectivity index (χ0) is 26.4. The molecule has 1 aliphatic carbocycles. The number of carbonyl (C=O) groups is 2. The number of piperazine rings is 1. The van der Waals surface area contributed by atoms with E-state index in [9.17, 15) is 14.9 Å². The van der Waals surface area contributed by atoms with Crippen LogP contribution in [0.15, 0.2) is 36.4 Å². The standard InChI is InChI=1S/C29H33ClN4O3/c1-28(2,3)37-27(36)33-16-14-32(15-17-33)20-10-11-25-22(18-20)29(12-5-4-6-13-29)26(35)34(25)24-9-7-8-23(30)21(24)19-31/h7-11,18H,4-6,12-17H2,1-3H3. The van der Waals surface area contributed by atoms with Crippen LogP contribution in [0.25, 0.3) is 0 Å². The van der Waals surface area contributed by atoms with Crippen molar-refractivity contribution in [2.75, 3.05) is 36.0 Å². The summed E-state index contributed by atoms with van der Waals surface area (Å²) < 4.78 is 5.54. The van der Waals surface area contributed by atoms with E-state index >= 15 is 0 Å². The molecule has 2 aromatic rings. The number of amides is 2. The van der Waals surface area contributed by atoms with Gasteiger partial charge in [-0.3, -0.25) is 9.69 Å². The van der Waals surface area contributed by atoms with Gasteiger partial charge in [-0.25, -0.2) is 4.79 Å². The van der Waals surface area contributed by atoms with E-state index in [0.717, 1.165) is 49.0 Å². The molecule has 2 aliphatic heterocycles. The summed E-state index contributed by atoms with van der Waals surface area (Å²) in [5, 5.41) is 10.2. The molecule has 5 rings (SSSR count). The molecule has 2 fully saturated rings. The van der Waals surface area contributed by atoms with Crippen molar-refractivity contribution in [2.45, 2.75) is 63.9 Å². The summed E-state index contributed by atoms with van der Waals surface area (Å²) in [7, 11) is 0. The Morgan fingerprint density at radius 3 is 2.38 bits per heavy atom. The minimum absolute atomic E-state index is 0.0351. The first-order chi connectivity index (χ1) is 17.6. The molecule has 1 saturated carbocycles. The highest BCUT2D eigenvalue weighted by molar-refractivity contribution is 6.32. The predicted molar refractivity (Wildman–Crippen MR) is 145 cm³/mol. The fraction of sp³-hybridized carbons (Fsp3) is 0.483. The van der Waals surface area contributed by atoms with Crippen molar-refractivity contribution in [3.8, 4) is 6.07 Å². The summed E-state index contributed by atoms with van der Waals surface area (Å²) in [6.07, 6.45) is 4.44. The Labute approximate surface area is 223 Å². The monoisotopic (exact) mass is 520 g/mol. The van der Waals surface area contributed by atoms with E-state index in [0.29, 0.717) is 42.5 Å². The maximum atomic E-state index is 14.1. The van der Waals surface area contributed by atoms with Gasteiger partial charge in [-0.05, 0) is 69.5 Å². The molecule has 1 saturated heterocycles. The number of anilines is 3. The second-order valence-electron chi connectivity index (χ2n) is 11.2. The van der Waals surface area contributed by atoms with E-state index in [1.54, 1.807) is 28.0 Å². The normalized spacial score (nSPS) is 19.1. The van der Waals surface area contributed by atoms with Crippen LogP contribution in [0, 0.1) is 11.3 Å². The molecule has 0 N–H and O–H groups in total. The van der Waals surface area contributed by atoms with Crippen LogP contribution in [0.4, 0.5) is 21.9 Å². The number of hydrogen-bond acceptors (Lipinski definition) is 5. The summed E-state index contributed by atoms with van der Waals surface area (Å²) in [4.78, 5) is 32.4. The molecule has 0 atom stereocenters. The summed E-state index contributed by atoms with van der Waals surface area (Å²) in [6.45, 7) is 8.17. The molecule has 0 unspecified atom stereocenters. The summed E-state index contributed by atoms with van der Waals surface area (Å²) in [5.74, 6) is 0.0351. The fourth-order valence-corrected chi connectivity index (χ4v) is 6.11. The average Bonchev–Trinajstić information content (AvgIpc) is 3.10. The van der Waals surface area contributed by atoms with Crippen LogP contribution in [0.5, 0.6) is 0 Å². The Kier molecular flexibility index (Phi) is 6.57. The molecule has 2 amide bonds. The smallest absolute Gasteiger partial charge is 0.410 e. The van der Waals surface area contributed by atoms with E-state index in [2.05, 4.69) is 17.0 Å². The van der Waals surface area contributed by atoms with E-state index < -0.39 is 11.0 Å². The van der Waals surface area contributed by atoms with Crippen molar-refractivity contribution in [3.05, 3.63) is 52.5 Å². The van der Waals surface area contributed by atoms with Gasteiger partial charge in [-0.1, -0.05) is 36.9 Å². The molecule has 1 spiro atoms. The molecule has 0 radical (unpaired) electrons. The molecule has 3 aliphatic rings. The number of hydrogen-bond donors (Lipinski definition) is 0. The van der Waals surface area contributed by atoms with Crippen LogP contribution in [0.2, 0.25) is 5.02 Å². The van der Waals surface area contributed by atoms with Crippen LogP contribution in [0.1, 0.15) is 64.0 Å². The average molecular weight is 521 g/mol. The Morgan fingerprint density at radius 1 is 1.03 bits per heavy atom. The SMILES string of the molecule is CC(C)(C)OC(=O)N1CCN(c2ccc3c(c2)C2(CCCCC2)C(=O)N3c2cccc(Cl)c2C#N)CC1. The maximum Gasteiger partial charge on any atom is 0.410 e. The van der Waals surface area contributed by atoms with E-state index in [-0.39, 0.29) is 12.0 Å². The lowest BCUT2D eigenvalue weighted by Crippen LogP contribution is -2.50. The third-order valence-electron chi connectivity index (χ3n) is 7.70. The quantitative estimate of drug-likeness (QED) is 0.474. The number of carbonyl (C=O) groups excluding carboxylic acids is 2. The first kappa shape index (κ1) is 25.4. The van der Waals surface area contributed by atoms with Gasteiger partial charge in [-0.2, -0.15) is 5.26 Å². The Hall–Kier alpha value is -3.24. The van der Waals surface area contributed by atoms with E-state index in [1.165, 1.54) is 0 Å². The number of rotatable bonds is 2. The lowest BCUT2D eigenvalue weighted by atomic mass is 9.70. The van der Waals surface area contributed by atoms with Gasteiger partial charge in [0.15, 0.2) is 0 Å². The summed E-state index contributed by atoms with van der Waals surface area (Å²) in [6, 6.07) is 13.7. The largest absolute Gasteiger partial charge is 0.444 e. The third kappa shape index (κ3) is 4.53. The van der Waals surface area contributed by atoms with Gasteiger partial charge in [0.05, 0.1) is 27.4 Å². The van der Waals surface area contributed by atoms with Crippen LogP contribution < -0.4 is 9.80 Å². The first-order valence-corrected chi connectivity index (χ1v) is 13.4. The number of halogens is 1. The minimum atomic E-state index is -0.586. The molecule has 0 bridgehead atoms. The molecule has 8 heteroatoms. The van der Waals surface area contributed by atoms with Crippen LogP contribution >= 0.6 is 11.6 Å². The van der Waals surface area contributed by atoms with E-state index in [4.69, 9.17) is 16.3 Å². The highest BCUT2D eigenvalue weighted by Gasteiger charge is 2.52. The minimum Gasteiger partial charge on any atom is -0.444 e. The Balaban J connectivity index is 1.47. The van der Waals surface area contributed by atoms with Crippen molar-refractivity contribution in [3.63, 3.8) is 0 Å². The lowest BCUT2D eigenvalue weighted by Gasteiger charge is -2.37. The zero-order valence-corrected chi connectivity index (χ0v) is 22.5. The van der Waals surface area contributed by atoms with Crippen molar-refractivity contribution >= 4 is 40.7 Å². The number of nitrogens with zero attached hydrogens (tertiary/aromatic N) is 4. The molecule has 37 heavy (non-hydrogen) atoms. The van der Waals surface area contributed by atoms with Gasteiger partial charge in [-0.15, -0.1) is 0 Å². The van der Waals surface area contributed by atoms with Crippen molar-refractivity contribution in [1.29, 1.82) is 5.26 Å². The lowest BCUT2D eigenvalue weighted by molar-refractivity contribution is -0.123. The van der Waals surface area contributed by atoms with E-state index in [1.807, 2.05) is 32.9 Å².